The molecule has 0 atom stereocenters. The van der Waals surface area contributed by atoms with E-state index in [1.165, 1.54) is 71.1 Å². The fourth-order valence-electron chi connectivity index (χ4n) is 13.8. The number of anilines is 9. The highest BCUT2D eigenvalue weighted by Crippen LogP contribution is 2.49. The second kappa shape index (κ2) is 19.3. The molecule has 5 nitrogen and oxygen atoms in total. The molecular weight excluding hydrogens is 1020 g/mol. The summed E-state index contributed by atoms with van der Waals surface area (Å²) >= 11 is 0. The number of benzene rings is 13. The van der Waals surface area contributed by atoms with Gasteiger partial charge in [-0.15, -0.1) is 0 Å². The lowest BCUT2D eigenvalue weighted by molar-refractivity contribution is 1.18. The van der Waals surface area contributed by atoms with Gasteiger partial charge < -0.3 is 23.8 Å². The van der Waals surface area contributed by atoms with Gasteiger partial charge in [0.15, 0.2) is 0 Å². The van der Waals surface area contributed by atoms with Gasteiger partial charge in [-0.25, -0.2) is 0 Å². The highest BCUT2D eigenvalue weighted by Gasteiger charge is 2.44. The first-order valence-corrected chi connectivity index (χ1v) is 28.9. The van der Waals surface area contributed by atoms with Gasteiger partial charge in [0.1, 0.15) is 0 Å². The van der Waals surface area contributed by atoms with Crippen LogP contribution in [-0.4, -0.2) is 15.8 Å². The second-order valence-corrected chi connectivity index (χ2v) is 22.1. The van der Waals surface area contributed by atoms with Crippen LogP contribution in [0.1, 0.15) is 0 Å². The first-order valence-electron chi connectivity index (χ1n) is 28.9. The molecule has 17 rings (SSSR count). The molecule has 0 bridgehead atoms. The van der Waals surface area contributed by atoms with E-state index in [0.717, 1.165) is 73.7 Å². The monoisotopic (exact) mass is 1070 g/mol. The van der Waals surface area contributed by atoms with Crippen molar-refractivity contribution in [3.63, 3.8) is 0 Å². The summed E-state index contributed by atoms with van der Waals surface area (Å²) in [6.45, 7) is -0.149. The lowest BCUT2D eigenvalue weighted by atomic mass is 9.33. The van der Waals surface area contributed by atoms with Gasteiger partial charge in [-0.1, -0.05) is 194 Å². The van der Waals surface area contributed by atoms with Crippen molar-refractivity contribution in [1.29, 1.82) is 0 Å². The summed E-state index contributed by atoms with van der Waals surface area (Å²) in [5.74, 6) is 0. The minimum absolute atomic E-state index is 0.149. The Morgan fingerprint density at radius 1 is 0.238 bits per heavy atom. The van der Waals surface area contributed by atoms with Gasteiger partial charge in [0.25, 0.3) is 6.71 Å². The van der Waals surface area contributed by atoms with E-state index in [1.807, 2.05) is 0 Å². The molecule has 0 saturated heterocycles. The van der Waals surface area contributed by atoms with Gasteiger partial charge in [0.2, 0.25) is 0 Å². The van der Waals surface area contributed by atoms with Crippen molar-refractivity contribution >= 4 is 118 Å². The zero-order chi connectivity index (χ0) is 55.2. The van der Waals surface area contributed by atoms with Crippen LogP contribution in [0.4, 0.5) is 51.2 Å². The number of para-hydroxylation sites is 8. The van der Waals surface area contributed by atoms with E-state index in [2.05, 4.69) is 339 Å². The molecule has 0 N–H and O–H groups in total. The van der Waals surface area contributed by atoms with Crippen LogP contribution in [0.5, 0.6) is 0 Å². The maximum atomic E-state index is 2.52. The van der Waals surface area contributed by atoms with Crippen molar-refractivity contribution in [2.75, 3.05) is 14.7 Å². The number of aromatic nitrogens is 2. The molecule has 0 saturated carbocycles. The molecule has 84 heavy (non-hydrogen) atoms. The smallest absolute Gasteiger partial charge is 0.252 e. The number of hydrogen-bond donors (Lipinski definition) is 0. The van der Waals surface area contributed by atoms with Crippen LogP contribution in [-0.2, 0) is 0 Å². The fourth-order valence-corrected chi connectivity index (χ4v) is 13.8. The highest BCUT2D eigenvalue weighted by atomic mass is 15.2. The normalized spacial score (nSPS) is 12.5. The van der Waals surface area contributed by atoms with Crippen molar-refractivity contribution in [2.45, 2.75) is 0 Å². The predicted molar refractivity (Wildman–Crippen MR) is 355 cm³/mol. The Morgan fingerprint density at radius 3 is 0.929 bits per heavy atom. The molecular formula is C78H52BN5. The summed E-state index contributed by atoms with van der Waals surface area (Å²) in [6, 6.07) is 116. The average Bonchev–Trinajstić information content (AvgIpc) is 1.23. The standard InChI is InChI=1S/C78H52BN5/c1-5-21-57(22-6-1)80(58-23-7-2-8-24-58)63-51-76-78-77(52-63)84(60-27-11-4-12-28-60)75-48-42-56(54-39-45-62(46-40-54)82-72-35-19-15-31-66(72)67-32-16-20-36-73(67)82)50-69(75)79(78)68-49-55(41-47-74(68)83(76)59-25-9-3-10-26-59)53-37-43-61(44-38-53)81-70-33-17-13-29-64(70)65-30-14-18-34-71(65)81/h1-52H. The molecule has 13 aromatic carbocycles. The quantitative estimate of drug-likeness (QED) is 0.134. The van der Waals surface area contributed by atoms with Crippen molar-refractivity contribution in [3.05, 3.63) is 315 Å². The number of fused-ring (bicyclic) bond motifs is 10. The van der Waals surface area contributed by atoms with Crippen molar-refractivity contribution in [1.82, 2.24) is 9.13 Å². The zero-order valence-corrected chi connectivity index (χ0v) is 45.8. The van der Waals surface area contributed by atoms with E-state index >= 15 is 0 Å². The molecule has 0 radical (unpaired) electrons. The molecule has 2 aliphatic heterocycles. The summed E-state index contributed by atoms with van der Waals surface area (Å²) in [4.78, 5) is 7.44. The van der Waals surface area contributed by atoms with Gasteiger partial charge in [-0.3, -0.25) is 0 Å². The van der Waals surface area contributed by atoms with Gasteiger partial charge in [0, 0.05) is 78.4 Å². The molecule has 392 valence electrons. The number of rotatable bonds is 9. The van der Waals surface area contributed by atoms with E-state index in [9.17, 15) is 0 Å². The van der Waals surface area contributed by atoms with E-state index in [4.69, 9.17) is 0 Å². The molecule has 0 fully saturated rings. The first kappa shape index (κ1) is 47.7. The SMILES string of the molecule is c1ccc(N(c2ccccc2)c2cc3c4c(c2)N(c2ccccc2)c2ccc(-c5ccc(-n6c7ccccc7c7ccccc76)cc5)cc2B4c2cc(-c4ccc(-n5c6ccccc6c6ccccc65)cc4)ccc2N3c2ccccc2)cc1. The molecule has 0 spiro atoms. The van der Waals surface area contributed by atoms with Crippen LogP contribution in [0, 0.1) is 0 Å². The largest absolute Gasteiger partial charge is 0.311 e. The second-order valence-electron chi connectivity index (χ2n) is 22.1. The maximum absolute atomic E-state index is 2.52. The first-order chi connectivity index (χ1) is 41.7. The van der Waals surface area contributed by atoms with Crippen LogP contribution >= 0.6 is 0 Å². The molecule has 2 aliphatic rings. The predicted octanol–water partition coefficient (Wildman–Crippen LogP) is 18.8. The third kappa shape index (κ3) is 7.51. The lowest BCUT2D eigenvalue weighted by Crippen LogP contribution is -2.61. The van der Waals surface area contributed by atoms with Crippen LogP contribution in [0.15, 0.2) is 315 Å². The zero-order valence-electron chi connectivity index (χ0n) is 45.8. The lowest BCUT2D eigenvalue weighted by Gasteiger charge is -2.45. The summed E-state index contributed by atoms with van der Waals surface area (Å²) in [5, 5.41) is 5.03. The minimum atomic E-state index is -0.149. The van der Waals surface area contributed by atoms with Gasteiger partial charge in [0.05, 0.1) is 27.8 Å². The molecule has 0 amide bonds. The van der Waals surface area contributed by atoms with Crippen LogP contribution < -0.4 is 31.1 Å². The Labute approximate surface area is 488 Å². The molecule has 0 aliphatic carbocycles. The molecule has 2 aromatic heterocycles. The van der Waals surface area contributed by atoms with Crippen LogP contribution in [0.2, 0.25) is 0 Å². The Bertz CT molecular complexity index is 4600. The van der Waals surface area contributed by atoms with E-state index < -0.39 is 0 Å². The Hall–Kier alpha value is -11.1. The molecule has 4 heterocycles. The van der Waals surface area contributed by atoms with Crippen molar-refractivity contribution in [3.8, 4) is 33.6 Å². The van der Waals surface area contributed by atoms with Crippen molar-refractivity contribution in [2.24, 2.45) is 0 Å². The van der Waals surface area contributed by atoms with E-state index in [1.54, 1.807) is 0 Å². The Balaban J connectivity index is 0.889. The maximum Gasteiger partial charge on any atom is 0.252 e. The van der Waals surface area contributed by atoms with Crippen LogP contribution in [0.3, 0.4) is 0 Å². The van der Waals surface area contributed by atoms with Gasteiger partial charge in [-0.05, 0) is 160 Å². The van der Waals surface area contributed by atoms with E-state index in [0.29, 0.717) is 0 Å². The minimum Gasteiger partial charge on any atom is -0.311 e. The summed E-state index contributed by atoms with van der Waals surface area (Å²) < 4.78 is 4.80. The molecule has 15 aromatic rings. The van der Waals surface area contributed by atoms with Gasteiger partial charge >= 0.3 is 0 Å². The van der Waals surface area contributed by atoms with Gasteiger partial charge in [-0.2, -0.15) is 0 Å². The van der Waals surface area contributed by atoms with E-state index in [-0.39, 0.29) is 6.71 Å². The molecule has 0 unspecified atom stereocenters. The fraction of sp³-hybridized carbons (Fsp3) is 0. The third-order valence-corrected chi connectivity index (χ3v) is 17.4. The van der Waals surface area contributed by atoms with Crippen LogP contribution in [0.25, 0.3) is 77.2 Å². The Morgan fingerprint density at radius 2 is 0.560 bits per heavy atom. The number of nitrogens with zero attached hydrogens (tertiary/aromatic N) is 5. The topological polar surface area (TPSA) is 19.6 Å². The highest BCUT2D eigenvalue weighted by molar-refractivity contribution is 7.00. The van der Waals surface area contributed by atoms with Crippen molar-refractivity contribution < 1.29 is 0 Å². The Kier molecular flexibility index (Phi) is 11.0. The summed E-state index contributed by atoms with van der Waals surface area (Å²) in [6.07, 6.45) is 0. The summed E-state index contributed by atoms with van der Waals surface area (Å²) in [7, 11) is 0. The summed E-state index contributed by atoms with van der Waals surface area (Å²) in [5.41, 5.74) is 25.5. The average molecular weight is 1070 g/mol. The third-order valence-electron chi connectivity index (χ3n) is 17.4. The number of hydrogen-bond acceptors (Lipinski definition) is 3. The molecule has 6 heteroatoms.